The number of aromatic nitrogens is 2. The molecule has 1 heterocycles. The van der Waals surface area contributed by atoms with E-state index in [9.17, 15) is 4.39 Å². The molecule has 6 nitrogen and oxygen atoms in total. The van der Waals surface area contributed by atoms with Crippen LogP contribution in [0.3, 0.4) is 0 Å². The Balaban J connectivity index is 1.76. The maximum atomic E-state index is 13.4. The van der Waals surface area contributed by atoms with Crippen molar-refractivity contribution in [2.75, 3.05) is 25.3 Å². The van der Waals surface area contributed by atoms with Gasteiger partial charge in [0.1, 0.15) is 11.6 Å². The van der Waals surface area contributed by atoms with Gasteiger partial charge in [0.2, 0.25) is 0 Å². The molecule has 0 amide bonds. The van der Waals surface area contributed by atoms with Crippen molar-refractivity contribution >= 4 is 17.2 Å². The number of hydrogen-bond acceptors (Lipinski definition) is 5. The smallest absolute Gasteiger partial charge is 0.184 e. The number of aromatic amines is 1. The van der Waals surface area contributed by atoms with Crippen LogP contribution >= 0.6 is 0 Å². The average molecular weight is 340 g/mol. The lowest BCUT2D eigenvalue weighted by molar-refractivity contribution is 0.356. The molecule has 1 aliphatic rings. The van der Waals surface area contributed by atoms with Gasteiger partial charge in [0.15, 0.2) is 11.5 Å². The van der Waals surface area contributed by atoms with Crippen LogP contribution in [0.2, 0.25) is 0 Å². The molecule has 4 N–H and O–H groups in total. The van der Waals surface area contributed by atoms with Crippen LogP contribution in [0.5, 0.6) is 11.5 Å². The molecule has 0 bridgehead atoms. The van der Waals surface area contributed by atoms with Gasteiger partial charge in [0.05, 0.1) is 25.6 Å². The van der Waals surface area contributed by atoms with Gasteiger partial charge in [-0.15, -0.1) is 0 Å². The molecular formula is C18H17FN4O2. The van der Waals surface area contributed by atoms with E-state index in [-0.39, 0.29) is 5.82 Å². The minimum Gasteiger partial charge on any atom is -0.493 e. The maximum absolute atomic E-state index is 13.4. The van der Waals surface area contributed by atoms with Gasteiger partial charge in [-0.25, -0.2) is 4.39 Å². The highest BCUT2D eigenvalue weighted by molar-refractivity contribution is 5.87. The van der Waals surface area contributed by atoms with Crippen molar-refractivity contribution < 1.29 is 13.9 Å². The zero-order valence-corrected chi connectivity index (χ0v) is 13.8. The molecule has 7 heteroatoms. The Morgan fingerprint density at radius 1 is 1.20 bits per heavy atom. The largest absolute Gasteiger partial charge is 0.493 e. The standard InChI is InChI=1S/C18H17FN4O2/c1-24-14-8-12-11(15(20)17(14)25-2)7-13-16(12)22-23-18(13)21-10-5-3-4-9(19)6-10/h3-6,8H,7,20H2,1-2H3,(H2,21,22,23). The van der Waals surface area contributed by atoms with Crippen molar-refractivity contribution in [2.24, 2.45) is 0 Å². The number of anilines is 3. The Labute approximate surface area is 143 Å². The molecule has 25 heavy (non-hydrogen) atoms. The number of rotatable bonds is 4. The Hall–Kier alpha value is -3.22. The summed E-state index contributed by atoms with van der Waals surface area (Å²) in [6, 6.07) is 8.14. The summed E-state index contributed by atoms with van der Waals surface area (Å²) in [5.41, 5.74) is 11.1. The molecule has 1 aromatic heterocycles. The van der Waals surface area contributed by atoms with E-state index in [0.717, 1.165) is 22.4 Å². The zero-order valence-electron chi connectivity index (χ0n) is 13.8. The van der Waals surface area contributed by atoms with Gasteiger partial charge in [0, 0.05) is 23.2 Å². The Kier molecular flexibility index (Phi) is 3.49. The van der Waals surface area contributed by atoms with Gasteiger partial charge in [-0.05, 0) is 29.8 Å². The summed E-state index contributed by atoms with van der Waals surface area (Å²) in [4.78, 5) is 0. The van der Waals surface area contributed by atoms with Gasteiger partial charge in [-0.3, -0.25) is 5.10 Å². The SMILES string of the molecule is COc1cc2c(c(N)c1OC)Cc1c-2n[nH]c1Nc1cccc(F)c1. The number of nitrogens with one attached hydrogen (secondary N) is 2. The average Bonchev–Trinajstić information content (AvgIpc) is 3.15. The molecule has 1 aliphatic carbocycles. The first-order valence-electron chi connectivity index (χ1n) is 7.76. The summed E-state index contributed by atoms with van der Waals surface area (Å²) in [6.45, 7) is 0. The first-order chi connectivity index (χ1) is 12.1. The zero-order chi connectivity index (χ0) is 17.6. The fraction of sp³-hybridized carbons (Fsp3) is 0.167. The van der Waals surface area contributed by atoms with Gasteiger partial charge in [-0.2, -0.15) is 5.10 Å². The molecule has 0 aliphatic heterocycles. The monoisotopic (exact) mass is 340 g/mol. The summed E-state index contributed by atoms with van der Waals surface area (Å²) in [5, 5.41) is 10.5. The van der Waals surface area contributed by atoms with Gasteiger partial charge in [-0.1, -0.05) is 6.07 Å². The number of ether oxygens (including phenoxy) is 2. The molecule has 0 fully saturated rings. The van der Waals surface area contributed by atoms with E-state index in [1.807, 2.05) is 6.07 Å². The lowest BCUT2D eigenvalue weighted by Crippen LogP contribution is -2.01. The predicted molar refractivity (Wildman–Crippen MR) is 94.0 cm³/mol. The number of benzene rings is 2. The predicted octanol–water partition coefficient (Wildman–Crippen LogP) is 3.46. The number of fused-ring (bicyclic) bond motifs is 3. The lowest BCUT2D eigenvalue weighted by Gasteiger charge is -2.14. The van der Waals surface area contributed by atoms with E-state index in [0.29, 0.717) is 35.1 Å². The normalized spacial score (nSPS) is 11.8. The second kappa shape index (κ2) is 5.70. The number of H-pyrrole nitrogens is 1. The molecule has 0 saturated carbocycles. The van der Waals surface area contributed by atoms with Crippen molar-refractivity contribution in [3.8, 4) is 22.8 Å². The number of methoxy groups -OCH3 is 2. The first-order valence-corrected chi connectivity index (χ1v) is 7.76. The highest BCUT2D eigenvalue weighted by Gasteiger charge is 2.30. The minimum atomic E-state index is -0.303. The highest BCUT2D eigenvalue weighted by Crippen LogP contribution is 2.48. The first kappa shape index (κ1) is 15.3. The number of hydrogen-bond donors (Lipinski definition) is 3. The third-order valence-electron chi connectivity index (χ3n) is 4.39. The quantitative estimate of drug-likeness (QED) is 0.495. The lowest BCUT2D eigenvalue weighted by atomic mass is 10.1. The van der Waals surface area contributed by atoms with Crippen molar-refractivity contribution in [3.05, 3.63) is 47.3 Å². The molecule has 4 rings (SSSR count). The van der Waals surface area contributed by atoms with Crippen molar-refractivity contribution in [1.29, 1.82) is 0 Å². The molecule has 2 aromatic carbocycles. The van der Waals surface area contributed by atoms with Crippen LogP contribution < -0.4 is 20.5 Å². The molecule has 0 atom stereocenters. The minimum absolute atomic E-state index is 0.303. The summed E-state index contributed by atoms with van der Waals surface area (Å²) in [7, 11) is 3.13. The van der Waals surface area contributed by atoms with Crippen LogP contribution in [0.15, 0.2) is 30.3 Å². The molecular weight excluding hydrogens is 323 g/mol. The molecule has 0 saturated heterocycles. The highest BCUT2D eigenvalue weighted by atomic mass is 19.1. The fourth-order valence-corrected chi connectivity index (χ4v) is 3.21. The molecule has 0 radical (unpaired) electrons. The third kappa shape index (κ3) is 2.36. The number of halogens is 1. The van der Waals surface area contributed by atoms with Crippen LogP contribution in [-0.2, 0) is 6.42 Å². The summed E-state index contributed by atoms with van der Waals surface area (Å²) in [5.74, 6) is 1.50. The van der Waals surface area contributed by atoms with Crippen molar-refractivity contribution in [2.45, 2.75) is 6.42 Å². The molecule has 0 spiro atoms. The van der Waals surface area contributed by atoms with Crippen LogP contribution in [0.1, 0.15) is 11.1 Å². The topological polar surface area (TPSA) is 85.2 Å². The van der Waals surface area contributed by atoms with E-state index in [2.05, 4.69) is 15.5 Å². The van der Waals surface area contributed by atoms with Crippen LogP contribution in [0, 0.1) is 5.82 Å². The third-order valence-corrected chi connectivity index (χ3v) is 4.39. The summed E-state index contributed by atoms with van der Waals surface area (Å²) in [6.07, 6.45) is 0.602. The molecule has 0 unspecified atom stereocenters. The van der Waals surface area contributed by atoms with Crippen LogP contribution in [0.25, 0.3) is 11.3 Å². The summed E-state index contributed by atoms with van der Waals surface area (Å²) < 4.78 is 24.1. The van der Waals surface area contributed by atoms with Gasteiger partial charge < -0.3 is 20.5 Å². The van der Waals surface area contributed by atoms with E-state index in [4.69, 9.17) is 15.2 Å². The fourth-order valence-electron chi connectivity index (χ4n) is 3.21. The van der Waals surface area contributed by atoms with Crippen LogP contribution in [-0.4, -0.2) is 24.4 Å². The molecule has 128 valence electrons. The van der Waals surface area contributed by atoms with Crippen LogP contribution in [0.4, 0.5) is 21.6 Å². The van der Waals surface area contributed by atoms with E-state index < -0.39 is 0 Å². The second-order valence-corrected chi connectivity index (χ2v) is 5.79. The Morgan fingerprint density at radius 2 is 2.04 bits per heavy atom. The van der Waals surface area contributed by atoms with Gasteiger partial charge >= 0.3 is 0 Å². The van der Waals surface area contributed by atoms with E-state index in [1.54, 1.807) is 26.4 Å². The second-order valence-electron chi connectivity index (χ2n) is 5.79. The molecule has 3 aromatic rings. The van der Waals surface area contributed by atoms with Crippen molar-refractivity contribution in [1.82, 2.24) is 10.2 Å². The van der Waals surface area contributed by atoms with Crippen molar-refractivity contribution in [3.63, 3.8) is 0 Å². The Bertz CT molecular complexity index is 968. The number of nitrogens with two attached hydrogens (primary N) is 1. The van der Waals surface area contributed by atoms with E-state index in [1.165, 1.54) is 12.1 Å². The maximum Gasteiger partial charge on any atom is 0.184 e. The van der Waals surface area contributed by atoms with Gasteiger partial charge in [0.25, 0.3) is 0 Å². The Morgan fingerprint density at radius 3 is 2.76 bits per heavy atom. The number of nitrogens with zero attached hydrogens (tertiary/aromatic N) is 1. The summed E-state index contributed by atoms with van der Waals surface area (Å²) >= 11 is 0. The van der Waals surface area contributed by atoms with E-state index >= 15 is 0 Å². The number of nitrogen functional groups attached to an aromatic ring is 1.